The minimum atomic E-state index is 0.656. The molecule has 1 aromatic carbocycles. The van der Waals surface area contributed by atoms with Gasteiger partial charge in [0.25, 0.3) is 0 Å². The van der Waals surface area contributed by atoms with E-state index in [2.05, 4.69) is 20.2 Å². The molecular weight excluding hydrogens is 292 g/mol. The summed E-state index contributed by atoms with van der Waals surface area (Å²) in [6.45, 7) is 5.78. The van der Waals surface area contributed by atoms with Gasteiger partial charge in [0.1, 0.15) is 23.2 Å². The molecule has 2 heterocycles. The Morgan fingerprint density at radius 1 is 1.22 bits per heavy atom. The van der Waals surface area contributed by atoms with Gasteiger partial charge < -0.3 is 19.7 Å². The average molecular weight is 314 g/mol. The Hall–Kier alpha value is -2.34. The van der Waals surface area contributed by atoms with Gasteiger partial charge in [0.05, 0.1) is 20.3 Å². The third-order valence-corrected chi connectivity index (χ3v) is 3.81. The Kier molecular flexibility index (Phi) is 4.92. The summed E-state index contributed by atoms with van der Waals surface area (Å²) in [5.41, 5.74) is 1.10. The van der Waals surface area contributed by atoms with Crippen LogP contribution in [0, 0.1) is 6.92 Å². The second-order valence-electron chi connectivity index (χ2n) is 5.42. The first-order valence-corrected chi connectivity index (χ1v) is 7.80. The Morgan fingerprint density at radius 2 is 2.00 bits per heavy atom. The minimum absolute atomic E-state index is 0.656. The molecule has 6 heteroatoms. The molecule has 122 valence electrons. The number of hydrogen-bond donors (Lipinski definition) is 1. The van der Waals surface area contributed by atoms with Crippen molar-refractivity contribution in [1.82, 2.24) is 9.97 Å². The second-order valence-corrected chi connectivity index (χ2v) is 5.42. The van der Waals surface area contributed by atoms with Crippen LogP contribution in [0.25, 0.3) is 0 Å². The van der Waals surface area contributed by atoms with Crippen molar-refractivity contribution in [3.63, 3.8) is 0 Å². The van der Waals surface area contributed by atoms with Crippen LogP contribution in [0.2, 0.25) is 0 Å². The molecule has 1 aromatic heterocycles. The van der Waals surface area contributed by atoms with Crippen LogP contribution >= 0.6 is 0 Å². The zero-order valence-electron chi connectivity index (χ0n) is 13.6. The Morgan fingerprint density at radius 3 is 2.78 bits per heavy atom. The Bertz CT molecular complexity index is 657. The highest BCUT2D eigenvalue weighted by atomic mass is 16.5. The van der Waals surface area contributed by atoms with Crippen molar-refractivity contribution in [3.8, 4) is 5.75 Å². The van der Waals surface area contributed by atoms with Crippen molar-refractivity contribution in [2.45, 2.75) is 13.5 Å². The van der Waals surface area contributed by atoms with E-state index in [4.69, 9.17) is 9.47 Å². The maximum Gasteiger partial charge on any atom is 0.134 e. The van der Waals surface area contributed by atoms with Gasteiger partial charge in [-0.3, -0.25) is 0 Å². The van der Waals surface area contributed by atoms with E-state index in [9.17, 15) is 0 Å². The topological polar surface area (TPSA) is 59.5 Å². The molecule has 0 bridgehead atoms. The molecule has 1 aliphatic rings. The molecule has 0 amide bonds. The van der Waals surface area contributed by atoms with Crippen molar-refractivity contribution in [2.75, 3.05) is 43.6 Å². The standard InChI is InChI=1S/C17H22N4O2/c1-13-19-16(11-17(20-13)21-7-9-23-10-8-21)18-12-14-5-3-4-6-15(14)22-2/h3-6,11H,7-10,12H2,1-2H3,(H,18,19,20). The number of aromatic nitrogens is 2. The fourth-order valence-electron chi connectivity index (χ4n) is 2.63. The summed E-state index contributed by atoms with van der Waals surface area (Å²) >= 11 is 0. The van der Waals surface area contributed by atoms with Crippen molar-refractivity contribution < 1.29 is 9.47 Å². The summed E-state index contributed by atoms with van der Waals surface area (Å²) in [5.74, 6) is 3.41. The molecule has 0 atom stereocenters. The molecular formula is C17H22N4O2. The lowest BCUT2D eigenvalue weighted by Gasteiger charge is -2.28. The SMILES string of the molecule is COc1ccccc1CNc1cc(N2CCOCC2)nc(C)n1. The summed E-state index contributed by atoms with van der Waals surface area (Å²) in [4.78, 5) is 11.2. The summed E-state index contributed by atoms with van der Waals surface area (Å²) in [6.07, 6.45) is 0. The van der Waals surface area contributed by atoms with E-state index in [0.29, 0.717) is 6.54 Å². The lowest BCUT2D eigenvalue weighted by atomic mass is 10.2. The van der Waals surface area contributed by atoms with E-state index in [0.717, 1.165) is 55.1 Å². The molecule has 1 aliphatic heterocycles. The lowest BCUT2D eigenvalue weighted by molar-refractivity contribution is 0.122. The highest BCUT2D eigenvalue weighted by Gasteiger charge is 2.14. The third kappa shape index (κ3) is 3.90. The Balaban J connectivity index is 1.73. The van der Waals surface area contributed by atoms with Crippen LogP contribution in [0.4, 0.5) is 11.6 Å². The largest absolute Gasteiger partial charge is 0.496 e. The van der Waals surface area contributed by atoms with Gasteiger partial charge in [-0.25, -0.2) is 9.97 Å². The first-order chi connectivity index (χ1) is 11.3. The van der Waals surface area contributed by atoms with Crippen LogP contribution in [0.3, 0.4) is 0 Å². The molecule has 1 N–H and O–H groups in total. The summed E-state index contributed by atoms with van der Waals surface area (Å²) in [5, 5.41) is 3.37. The fraction of sp³-hybridized carbons (Fsp3) is 0.412. The number of anilines is 2. The maximum atomic E-state index is 5.40. The number of para-hydroxylation sites is 1. The van der Waals surface area contributed by atoms with Crippen LogP contribution in [-0.2, 0) is 11.3 Å². The molecule has 6 nitrogen and oxygen atoms in total. The van der Waals surface area contributed by atoms with E-state index >= 15 is 0 Å². The molecule has 23 heavy (non-hydrogen) atoms. The minimum Gasteiger partial charge on any atom is -0.496 e. The van der Waals surface area contributed by atoms with Gasteiger partial charge in [-0.15, -0.1) is 0 Å². The number of aryl methyl sites for hydroxylation is 1. The zero-order chi connectivity index (χ0) is 16.1. The van der Waals surface area contributed by atoms with E-state index in [1.165, 1.54) is 0 Å². The van der Waals surface area contributed by atoms with Crippen molar-refractivity contribution in [3.05, 3.63) is 41.7 Å². The number of hydrogen-bond acceptors (Lipinski definition) is 6. The second kappa shape index (κ2) is 7.28. The number of methoxy groups -OCH3 is 1. The van der Waals surface area contributed by atoms with Crippen molar-refractivity contribution in [1.29, 1.82) is 0 Å². The van der Waals surface area contributed by atoms with E-state index < -0.39 is 0 Å². The molecule has 0 radical (unpaired) electrons. The number of ether oxygens (including phenoxy) is 2. The van der Waals surface area contributed by atoms with Gasteiger partial charge in [0.15, 0.2) is 0 Å². The molecule has 0 aliphatic carbocycles. The smallest absolute Gasteiger partial charge is 0.134 e. The molecule has 0 saturated carbocycles. The van der Waals surface area contributed by atoms with Crippen molar-refractivity contribution >= 4 is 11.6 Å². The maximum absolute atomic E-state index is 5.40. The van der Waals surface area contributed by atoms with Crippen LogP contribution in [0.15, 0.2) is 30.3 Å². The molecule has 3 rings (SSSR count). The van der Waals surface area contributed by atoms with Crippen LogP contribution in [0.5, 0.6) is 5.75 Å². The summed E-state index contributed by atoms with van der Waals surface area (Å²) in [7, 11) is 1.68. The summed E-state index contributed by atoms with van der Waals surface area (Å²) < 4.78 is 10.8. The predicted octanol–water partition coefficient (Wildman–Crippen LogP) is 2.24. The van der Waals surface area contributed by atoms with Gasteiger partial charge in [0.2, 0.25) is 0 Å². The molecule has 0 unspecified atom stereocenters. The number of nitrogens with zero attached hydrogens (tertiary/aromatic N) is 3. The first kappa shape index (κ1) is 15.6. The van der Waals surface area contributed by atoms with Crippen LogP contribution in [-0.4, -0.2) is 43.4 Å². The third-order valence-electron chi connectivity index (χ3n) is 3.81. The van der Waals surface area contributed by atoms with Gasteiger partial charge in [-0.05, 0) is 13.0 Å². The number of benzene rings is 1. The van der Waals surface area contributed by atoms with E-state index in [1.54, 1.807) is 7.11 Å². The predicted molar refractivity (Wildman–Crippen MR) is 90.1 cm³/mol. The molecule has 1 fully saturated rings. The lowest BCUT2D eigenvalue weighted by Crippen LogP contribution is -2.37. The number of morpholine rings is 1. The number of nitrogens with one attached hydrogen (secondary N) is 1. The first-order valence-electron chi connectivity index (χ1n) is 7.80. The quantitative estimate of drug-likeness (QED) is 0.913. The van der Waals surface area contributed by atoms with E-state index in [-0.39, 0.29) is 0 Å². The van der Waals surface area contributed by atoms with Gasteiger partial charge in [-0.2, -0.15) is 0 Å². The van der Waals surface area contributed by atoms with Gasteiger partial charge >= 0.3 is 0 Å². The monoisotopic (exact) mass is 314 g/mol. The van der Waals surface area contributed by atoms with Crippen LogP contribution < -0.4 is 15.0 Å². The number of rotatable bonds is 5. The van der Waals surface area contributed by atoms with Gasteiger partial charge in [0, 0.05) is 31.3 Å². The van der Waals surface area contributed by atoms with Crippen LogP contribution in [0.1, 0.15) is 11.4 Å². The molecule has 0 spiro atoms. The fourth-order valence-corrected chi connectivity index (χ4v) is 2.63. The average Bonchev–Trinajstić information content (AvgIpc) is 2.60. The highest BCUT2D eigenvalue weighted by Crippen LogP contribution is 2.21. The molecule has 2 aromatic rings. The Labute approximate surface area is 136 Å². The zero-order valence-corrected chi connectivity index (χ0v) is 13.6. The molecule has 1 saturated heterocycles. The normalized spacial score (nSPS) is 14.6. The highest BCUT2D eigenvalue weighted by molar-refractivity contribution is 5.50. The summed E-state index contributed by atoms with van der Waals surface area (Å²) in [6, 6.07) is 9.97. The van der Waals surface area contributed by atoms with Crippen molar-refractivity contribution in [2.24, 2.45) is 0 Å². The van der Waals surface area contributed by atoms with E-state index in [1.807, 2.05) is 37.3 Å². The van der Waals surface area contributed by atoms with Gasteiger partial charge in [-0.1, -0.05) is 18.2 Å².